The van der Waals surface area contributed by atoms with Gasteiger partial charge in [0, 0.05) is 13.1 Å². The van der Waals surface area contributed by atoms with E-state index in [1.165, 1.54) is 11.5 Å². The second kappa shape index (κ2) is 3.69. The second-order valence-electron chi connectivity index (χ2n) is 2.91. The third kappa shape index (κ3) is 1.95. The Morgan fingerprint density at radius 1 is 1.54 bits per heavy atom. The SMILES string of the molecule is O=C(Nc1csnn1)N1CCCC1. The van der Waals surface area contributed by atoms with Crippen LogP contribution in [0.25, 0.3) is 0 Å². The van der Waals surface area contributed by atoms with Crippen molar-refractivity contribution in [3.05, 3.63) is 5.38 Å². The van der Waals surface area contributed by atoms with E-state index in [2.05, 4.69) is 14.9 Å². The molecule has 70 valence electrons. The van der Waals surface area contributed by atoms with Crippen LogP contribution in [0, 0.1) is 0 Å². The van der Waals surface area contributed by atoms with Gasteiger partial charge in [0.2, 0.25) is 0 Å². The summed E-state index contributed by atoms with van der Waals surface area (Å²) in [5, 5.41) is 8.14. The van der Waals surface area contributed by atoms with Crippen LogP contribution in [-0.2, 0) is 0 Å². The highest BCUT2D eigenvalue weighted by atomic mass is 32.1. The van der Waals surface area contributed by atoms with E-state index in [1.54, 1.807) is 10.3 Å². The first-order valence-corrected chi connectivity index (χ1v) is 5.03. The first-order chi connectivity index (χ1) is 6.36. The molecule has 0 atom stereocenters. The van der Waals surface area contributed by atoms with Crippen LogP contribution in [0.2, 0.25) is 0 Å². The van der Waals surface area contributed by atoms with Crippen LogP contribution in [0.1, 0.15) is 12.8 Å². The monoisotopic (exact) mass is 198 g/mol. The van der Waals surface area contributed by atoms with E-state index in [1.807, 2.05) is 0 Å². The molecule has 2 rings (SSSR count). The molecular weight excluding hydrogens is 188 g/mol. The van der Waals surface area contributed by atoms with E-state index in [4.69, 9.17) is 0 Å². The number of nitrogens with one attached hydrogen (secondary N) is 1. The van der Waals surface area contributed by atoms with Crippen molar-refractivity contribution in [3.63, 3.8) is 0 Å². The molecule has 0 bridgehead atoms. The minimum absolute atomic E-state index is 0.0646. The normalized spacial score (nSPS) is 16.2. The maximum atomic E-state index is 11.5. The molecule has 2 amide bonds. The quantitative estimate of drug-likeness (QED) is 0.736. The lowest BCUT2D eigenvalue weighted by Crippen LogP contribution is -2.32. The van der Waals surface area contributed by atoms with Gasteiger partial charge >= 0.3 is 6.03 Å². The number of hydrogen-bond acceptors (Lipinski definition) is 4. The molecule has 1 fully saturated rings. The average molecular weight is 198 g/mol. The van der Waals surface area contributed by atoms with Crippen LogP contribution >= 0.6 is 11.5 Å². The van der Waals surface area contributed by atoms with Crippen LogP contribution in [0.3, 0.4) is 0 Å². The molecule has 1 aromatic heterocycles. The topological polar surface area (TPSA) is 58.1 Å². The van der Waals surface area contributed by atoms with E-state index in [0.717, 1.165) is 25.9 Å². The van der Waals surface area contributed by atoms with Crippen LogP contribution in [-0.4, -0.2) is 33.6 Å². The van der Waals surface area contributed by atoms with E-state index in [9.17, 15) is 4.79 Å². The number of hydrogen-bond donors (Lipinski definition) is 1. The Kier molecular flexibility index (Phi) is 2.40. The van der Waals surface area contributed by atoms with Crippen molar-refractivity contribution < 1.29 is 4.79 Å². The molecule has 0 aliphatic carbocycles. The van der Waals surface area contributed by atoms with Gasteiger partial charge in [-0.25, -0.2) is 4.79 Å². The summed E-state index contributed by atoms with van der Waals surface area (Å²) in [5.74, 6) is 0.543. The van der Waals surface area contributed by atoms with E-state index in [0.29, 0.717) is 5.82 Å². The molecule has 1 aliphatic heterocycles. The Balaban J connectivity index is 1.91. The molecular formula is C7H10N4OS. The third-order valence-electron chi connectivity index (χ3n) is 1.99. The fraction of sp³-hybridized carbons (Fsp3) is 0.571. The van der Waals surface area contributed by atoms with Crippen molar-refractivity contribution in [2.75, 3.05) is 18.4 Å². The summed E-state index contributed by atoms with van der Waals surface area (Å²) >= 11 is 1.23. The molecule has 0 spiro atoms. The van der Waals surface area contributed by atoms with Crippen LogP contribution < -0.4 is 5.32 Å². The molecule has 0 saturated carbocycles. The number of rotatable bonds is 1. The number of anilines is 1. The van der Waals surface area contributed by atoms with Gasteiger partial charge < -0.3 is 4.90 Å². The number of aromatic nitrogens is 2. The molecule has 5 nitrogen and oxygen atoms in total. The fourth-order valence-corrected chi connectivity index (χ4v) is 1.72. The summed E-state index contributed by atoms with van der Waals surface area (Å²) in [6, 6.07) is -0.0646. The lowest BCUT2D eigenvalue weighted by Gasteiger charge is -2.14. The van der Waals surface area contributed by atoms with Gasteiger partial charge in [-0.3, -0.25) is 5.32 Å². The summed E-state index contributed by atoms with van der Waals surface area (Å²) in [5.41, 5.74) is 0. The number of carbonyl (C=O) groups excluding carboxylic acids is 1. The Bertz CT molecular complexity index is 281. The Morgan fingerprint density at radius 2 is 2.31 bits per heavy atom. The maximum Gasteiger partial charge on any atom is 0.323 e. The van der Waals surface area contributed by atoms with Crippen molar-refractivity contribution in [1.82, 2.24) is 14.5 Å². The van der Waals surface area contributed by atoms with Crippen LogP contribution in [0.15, 0.2) is 5.38 Å². The molecule has 2 heterocycles. The number of amides is 2. The minimum Gasteiger partial charge on any atom is -0.324 e. The van der Waals surface area contributed by atoms with Gasteiger partial charge in [-0.15, -0.1) is 5.10 Å². The van der Waals surface area contributed by atoms with Gasteiger partial charge in [0.15, 0.2) is 5.82 Å². The molecule has 13 heavy (non-hydrogen) atoms. The maximum absolute atomic E-state index is 11.5. The lowest BCUT2D eigenvalue weighted by molar-refractivity contribution is 0.222. The average Bonchev–Trinajstić information content (AvgIpc) is 2.74. The molecule has 6 heteroatoms. The zero-order chi connectivity index (χ0) is 9.10. The summed E-state index contributed by atoms with van der Waals surface area (Å²) in [6.45, 7) is 1.70. The summed E-state index contributed by atoms with van der Waals surface area (Å²) in [6.07, 6.45) is 2.20. The van der Waals surface area contributed by atoms with Crippen LogP contribution in [0.5, 0.6) is 0 Å². The van der Waals surface area contributed by atoms with E-state index < -0.39 is 0 Å². The Labute approximate surface area is 79.9 Å². The van der Waals surface area contributed by atoms with Gasteiger partial charge in [-0.1, -0.05) is 4.49 Å². The smallest absolute Gasteiger partial charge is 0.323 e. The Hall–Kier alpha value is -1.17. The first-order valence-electron chi connectivity index (χ1n) is 4.19. The first kappa shape index (κ1) is 8.43. The Morgan fingerprint density at radius 3 is 2.92 bits per heavy atom. The van der Waals surface area contributed by atoms with Gasteiger partial charge in [-0.2, -0.15) is 0 Å². The molecule has 1 aromatic rings. The van der Waals surface area contributed by atoms with E-state index >= 15 is 0 Å². The zero-order valence-corrected chi connectivity index (χ0v) is 7.88. The highest BCUT2D eigenvalue weighted by Gasteiger charge is 2.18. The number of likely N-dealkylation sites (tertiary alicyclic amines) is 1. The largest absolute Gasteiger partial charge is 0.324 e. The zero-order valence-electron chi connectivity index (χ0n) is 7.06. The fourth-order valence-electron chi connectivity index (χ4n) is 1.33. The summed E-state index contributed by atoms with van der Waals surface area (Å²) < 4.78 is 3.66. The molecule has 0 radical (unpaired) electrons. The van der Waals surface area contributed by atoms with Crippen molar-refractivity contribution in [1.29, 1.82) is 0 Å². The van der Waals surface area contributed by atoms with E-state index in [-0.39, 0.29) is 6.03 Å². The second-order valence-corrected chi connectivity index (χ2v) is 3.52. The van der Waals surface area contributed by atoms with Crippen molar-refractivity contribution >= 4 is 23.4 Å². The third-order valence-corrected chi connectivity index (χ3v) is 2.49. The van der Waals surface area contributed by atoms with Crippen LogP contribution in [0.4, 0.5) is 10.6 Å². The van der Waals surface area contributed by atoms with Gasteiger partial charge in [0.25, 0.3) is 0 Å². The van der Waals surface area contributed by atoms with Crippen molar-refractivity contribution in [2.45, 2.75) is 12.8 Å². The molecule has 1 N–H and O–H groups in total. The van der Waals surface area contributed by atoms with Gasteiger partial charge in [0.05, 0.1) is 5.38 Å². The standard InChI is InChI=1S/C7H10N4OS/c12-7(11-3-1-2-4-11)8-6-5-13-10-9-6/h5H,1-4H2,(H,8,12). The molecule has 1 saturated heterocycles. The van der Waals surface area contributed by atoms with Gasteiger partial charge in [0.1, 0.15) is 0 Å². The van der Waals surface area contributed by atoms with Crippen molar-refractivity contribution in [2.24, 2.45) is 0 Å². The minimum atomic E-state index is -0.0646. The highest BCUT2D eigenvalue weighted by Crippen LogP contribution is 2.10. The predicted octanol–water partition coefficient (Wildman–Crippen LogP) is 1.17. The predicted molar refractivity (Wildman–Crippen MR) is 49.7 cm³/mol. The molecule has 1 aliphatic rings. The summed E-state index contributed by atoms with van der Waals surface area (Å²) in [4.78, 5) is 13.3. The number of carbonyl (C=O) groups is 1. The van der Waals surface area contributed by atoms with Crippen molar-refractivity contribution in [3.8, 4) is 0 Å². The summed E-state index contributed by atoms with van der Waals surface area (Å²) in [7, 11) is 0. The number of urea groups is 1. The number of nitrogens with zero attached hydrogens (tertiary/aromatic N) is 3. The molecule has 0 aromatic carbocycles. The highest BCUT2D eigenvalue weighted by molar-refractivity contribution is 7.03. The van der Waals surface area contributed by atoms with Gasteiger partial charge in [-0.05, 0) is 24.4 Å². The lowest BCUT2D eigenvalue weighted by atomic mass is 10.4. The molecule has 0 unspecified atom stereocenters.